The number of benzene rings is 1. The first-order chi connectivity index (χ1) is 13.3. The maximum Gasteiger partial charge on any atom is 0.191 e. The van der Waals surface area contributed by atoms with E-state index in [4.69, 9.17) is 9.47 Å². The van der Waals surface area contributed by atoms with Crippen LogP contribution < -0.4 is 15.4 Å². The number of methoxy groups -OCH3 is 1. The van der Waals surface area contributed by atoms with Crippen molar-refractivity contribution in [1.29, 1.82) is 0 Å². The summed E-state index contributed by atoms with van der Waals surface area (Å²) in [7, 11) is 1.62. The summed E-state index contributed by atoms with van der Waals surface area (Å²) in [6.07, 6.45) is 1.81. The van der Waals surface area contributed by atoms with E-state index in [1.54, 1.807) is 7.11 Å². The second-order valence-electron chi connectivity index (χ2n) is 8.45. The van der Waals surface area contributed by atoms with Crippen LogP contribution in [0.15, 0.2) is 29.3 Å². The number of aliphatic imine (C=N–C) groups is 1. The molecule has 0 spiro atoms. The predicted molar refractivity (Wildman–Crippen MR) is 114 cm³/mol. The van der Waals surface area contributed by atoms with E-state index in [2.05, 4.69) is 36.4 Å². The fourth-order valence-electron chi connectivity index (χ4n) is 3.71. The molecule has 0 aliphatic carbocycles. The normalized spacial score (nSPS) is 21.9. The predicted octanol–water partition coefficient (Wildman–Crippen LogP) is 3.13. The molecule has 0 bridgehead atoms. The van der Waals surface area contributed by atoms with Gasteiger partial charge in [0.2, 0.25) is 0 Å². The lowest BCUT2D eigenvalue weighted by atomic mass is 9.78. The van der Waals surface area contributed by atoms with Crippen molar-refractivity contribution >= 4 is 5.96 Å². The van der Waals surface area contributed by atoms with Crippen LogP contribution in [-0.4, -0.2) is 50.5 Å². The van der Waals surface area contributed by atoms with Crippen LogP contribution in [0.2, 0.25) is 0 Å². The highest BCUT2D eigenvalue weighted by molar-refractivity contribution is 5.79. The fourth-order valence-corrected chi connectivity index (χ4v) is 3.71. The van der Waals surface area contributed by atoms with E-state index >= 15 is 0 Å². The number of rotatable bonds is 7. The minimum Gasteiger partial charge on any atom is -0.497 e. The monoisotopic (exact) mass is 391 g/mol. The van der Waals surface area contributed by atoms with Crippen LogP contribution in [0.3, 0.4) is 0 Å². The molecule has 3 unspecified atom stereocenters. The summed E-state index contributed by atoms with van der Waals surface area (Å²) in [6.45, 7) is 11.5. The van der Waals surface area contributed by atoms with Crippen molar-refractivity contribution < 1.29 is 14.6 Å². The van der Waals surface area contributed by atoms with E-state index in [1.165, 1.54) is 0 Å². The molecule has 1 heterocycles. The van der Waals surface area contributed by atoms with E-state index in [-0.39, 0.29) is 18.1 Å². The SMILES string of the molecule is CCNC(=NCC(O)c1cccc(OC)c1)NCC1CCCOC1C(C)(C)C. The zero-order valence-corrected chi connectivity index (χ0v) is 18.0. The van der Waals surface area contributed by atoms with E-state index in [9.17, 15) is 5.11 Å². The number of ether oxygens (including phenoxy) is 2. The van der Waals surface area contributed by atoms with Gasteiger partial charge in [0.25, 0.3) is 0 Å². The first-order valence-corrected chi connectivity index (χ1v) is 10.3. The Bertz CT molecular complexity index is 628. The average Bonchev–Trinajstić information content (AvgIpc) is 2.69. The van der Waals surface area contributed by atoms with Crippen molar-refractivity contribution in [2.45, 2.75) is 52.7 Å². The van der Waals surface area contributed by atoms with Gasteiger partial charge in [0, 0.05) is 25.6 Å². The number of aliphatic hydroxyl groups is 1. The molecule has 1 aromatic carbocycles. The lowest BCUT2D eigenvalue weighted by Gasteiger charge is -2.40. The van der Waals surface area contributed by atoms with E-state index in [0.717, 1.165) is 49.8 Å². The smallest absolute Gasteiger partial charge is 0.191 e. The van der Waals surface area contributed by atoms with Crippen LogP contribution >= 0.6 is 0 Å². The standard InChI is InChI=1S/C22H37N3O3/c1-6-23-21(24-14-17-10-8-12-28-20(17)22(2,3)4)25-15-19(26)16-9-7-11-18(13-16)27-5/h7,9,11,13,17,19-20,26H,6,8,10,12,14-15H2,1-5H3,(H2,23,24,25). The molecule has 1 aliphatic rings. The van der Waals surface area contributed by atoms with Crippen molar-refractivity contribution in [3.63, 3.8) is 0 Å². The van der Waals surface area contributed by atoms with Gasteiger partial charge in [0.05, 0.1) is 25.9 Å². The Morgan fingerprint density at radius 2 is 2.14 bits per heavy atom. The molecule has 0 amide bonds. The van der Waals surface area contributed by atoms with E-state index in [0.29, 0.717) is 5.92 Å². The van der Waals surface area contributed by atoms with Crippen molar-refractivity contribution in [3.05, 3.63) is 29.8 Å². The molecule has 0 aromatic heterocycles. The highest BCUT2D eigenvalue weighted by atomic mass is 16.5. The van der Waals surface area contributed by atoms with E-state index in [1.807, 2.05) is 31.2 Å². The number of guanidine groups is 1. The largest absolute Gasteiger partial charge is 0.497 e. The molecular formula is C22H37N3O3. The minimum atomic E-state index is -0.675. The highest BCUT2D eigenvalue weighted by Gasteiger charge is 2.35. The summed E-state index contributed by atoms with van der Waals surface area (Å²) in [4.78, 5) is 4.58. The third-order valence-electron chi connectivity index (χ3n) is 5.08. The van der Waals surface area contributed by atoms with Crippen molar-refractivity contribution in [3.8, 4) is 5.75 Å². The van der Waals surface area contributed by atoms with Crippen molar-refractivity contribution in [2.75, 3.05) is 33.4 Å². The van der Waals surface area contributed by atoms with Gasteiger partial charge in [-0.25, -0.2) is 0 Å². The van der Waals surface area contributed by atoms with Gasteiger partial charge in [0.1, 0.15) is 5.75 Å². The average molecular weight is 392 g/mol. The maximum atomic E-state index is 10.5. The van der Waals surface area contributed by atoms with Gasteiger partial charge >= 0.3 is 0 Å². The molecule has 1 saturated heterocycles. The quantitative estimate of drug-likeness (QED) is 0.492. The van der Waals surface area contributed by atoms with Crippen LogP contribution in [0.4, 0.5) is 0 Å². The Morgan fingerprint density at radius 3 is 2.82 bits per heavy atom. The molecule has 1 fully saturated rings. The van der Waals surface area contributed by atoms with Crippen LogP contribution in [0.25, 0.3) is 0 Å². The molecule has 0 radical (unpaired) electrons. The minimum absolute atomic E-state index is 0.116. The van der Waals surface area contributed by atoms with Gasteiger partial charge in [-0.05, 0) is 42.9 Å². The van der Waals surface area contributed by atoms with Gasteiger partial charge in [-0.3, -0.25) is 4.99 Å². The maximum absolute atomic E-state index is 10.5. The number of hydrogen-bond donors (Lipinski definition) is 3. The van der Waals surface area contributed by atoms with Gasteiger partial charge < -0.3 is 25.2 Å². The molecule has 158 valence electrons. The topological polar surface area (TPSA) is 75.1 Å². The molecule has 0 saturated carbocycles. The summed E-state index contributed by atoms with van der Waals surface area (Å²) in [6, 6.07) is 7.47. The van der Waals surface area contributed by atoms with E-state index < -0.39 is 6.10 Å². The third-order valence-corrected chi connectivity index (χ3v) is 5.08. The second-order valence-corrected chi connectivity index (χ2v) is 8.45. The third kappa shape index (κ3) is 6.67. The van der Waals surface area contributed by atoms with Gasteiger partial charge in [-0.15, -0.1) is 0 Å². The van der Waals surface area contributed by atoms with Crippen LogP contribution in [0, 0.1) is 11.3 Å². The van der Waals surface area contributed by atoms with Gasteiger partial charge in [-0.2, -0.15) is 0 Å². The first-order valence-electron chi connectivity index (χ1n) is 10.3. The Balaban J connectivity index is 1.97. The Morgan fingerprint density at radius 1 is 1.36 bits per heavy atom. The van der Waals surface area contributed by atoms with Crippen molar-refractivity contribution in [2.24, 2.45) is 16.3 Å². The summed E-state index contributed by atoms with van der Waals surface area (Å²) < 4.78 is 11.3. The number of hydrogen-bond acceptors (Lipinski definition) is 4. The lowest BCUT2D eigenvalue weighted by Crippen LogP contribution is -2.47. The molecule has 1 aliphatic heterocycles. The van der Waals surface area contributed by atoms with Crippen LogP contribution in [0.1, 0.15) is 52.2 Å². The Kier molecular flexibility index (Phi) is 8.58. The Hall–Kier alpha value is -1.79. The van der Waals surface area contributed by atoms with Gasteiger partial charge in [0.15, 0.2) is 5.96 Å². The molecule has 28 heavy (non-hydrogen) atoms. The first kappa shape index (κ1) is 22.5. The molecule has 2 rings (SSSR count). The summed E-state index contributed by atoms with van der Waals surface area (Å²) in [5.41, 5.74) is 0.914. The second kappa shape index (κ2) is 10.7. The fraction of sp³-hybridized carbons (Fsp3) is 0.682. The number of nitrogens with zero attached hydrogens (tertiary/aromatic N) is 1. The molecule has 3 N–H and O–H groups in total. The summed E-state index contributed by atoms with van der Waals surface area (Å²) >= 11 is 0. The number of aliphatic hydroxyl groups excluding tert-OH is 1. The lowest BCUT2D eigenvalue weighted by molar-refractivity contribution is -0.0835. The Labute approximate surface area is 169 Å². The number of nitrogens with one attached hydrogen (secondary N) is 2. The summed E-state index contributed by atoms with van der Waals surface area (Å²) in [5, 5.41) is 17.2. The molecule has 6 nitrogen and oxygen atoms in total. The zero-order chi connectivity index (χ0) is 20.6. The van der Waals surface area contributed by atoms with Crippen LogP contribution in [-0.2, 0) is 4.74 Å². The van der Waals surface area contributed by atoms with Crippen molar-refractivity contribution in [1.82, 2.24) is 10.6 Å². The van der Waals surface area contributed by atoms with Crippen LogP contribution in [0.5, 0.6) is 5.75 Å². The summed E-state index contributed by atoms with van der Waals surface area (Å²) in [5.74, 6) is 1.90. The molecular weight excluding hydrogens is 354 g/mol. The zero-order valence-electron chi connectivity index (χ0n) is 18.0. The van der Waals surface area contributed by atoms with Gasteiger partial charge in [-0.1, -0.05) is 32.9 Å². The molecule has 3 atom stereocenters. The highest BCUT2D eigenvalue weighted by Crippen LogP contribution is 2.33. The molecule has 6 heteroatoms. The molecule has 1 aromatic rings.